The summed E-state index contributed by atoms with van der Waals surface area (Å²) >= 11 is 0. The molecule has 0 saturated carbocycles. The van der Waals surface area contributed by atoms with E-state index in [1.165, 1.54) is 29.4 Å². The summed E-state index contributed by atoms with van der Waals surface area (Å²) in [4.78, 5) is 59.5. The Labute approximate surface area is 337 Å². The Kier molecular flexibility index (Phi) is 9.95. The lowest BCUT2D eigenvalue weighted by molar-refractivity contribution is -0.135. The lowest BCUT2D eigenvalue weighted by atomic mass is 9.85. The van der Waals surface area contributed by atoms with Crippen LogP contribution in [0, 0.1) is 5.92 Å². The van der Waals surface area contributed by atoms with Gasteiger partial charge in [-0.3, -0.25) is 9.59 Å². The van der Waals surface area contributed by atoms with Gasteiger partial charge < -0.3 is 40.0 Å². The van der Waals surface area contributed by atoms with Crippen molar-refractivity contribution in [2.75, 3.05) is 20.2 Å². The Morgan fingerprint density at radius 3 is 2.17 bits per heavy atom. The standard InChI is InChI=1S/C45H52N8O5/c1-5-30(46)43(54)52-20-6-8-34(52)41-47-23-33(50-41)26-12-10-25(11-13-26)28-15-16-29(39-37-19-18-36(58-37)38(28)39)27-14-17-31-32(22-27)49-42(48-31)35-9-7-21-53(35)44(55)40(24(2)3)51-45(56)57-4/h10,12,15-16,18-19,22-24,30,34-35,40H,5-9,11,13-14,17,20-21,46H2,1-4H3,(H,47,50)(H,48,49)(H,51,56). The van der Waals surface area contributed by atoms with Crippen LogP contribution in [0.15, 0.2) is 47.0 Å². The number of benzene rings is 2. The van der Waals surface area contributed by atoms with Gasteiger partial charge in [-0.2, -0.15) is 0 Å². The van der Waals surface area contributed by atoms with E-state index in [0.29, 0.717) is 19.5 Å². The highest BCUT2D eigenvalue weighted by atomic mass is 16.5. The Bertz CT molecular complexity index is 2480. The normalized spacial score (nSPS) is 20.7. The fourth-order valence-electron chi connectivity index (χ4n) is 9.53. The molecule has 0 radical (unpaired) electrons. The molecule has 2 saturated heterocycles. The van der Waals surface area contributed by atoms with Crippen molar-refractivity contribution < 1.29 is 23.5 Å². The van der Waals surface area contributed by atoms with Gasteiger partial charge in [-0.15, -0.1) is 0 Å². The van der Waals surface area contributed by atoms with E-state index >= 15 is 0 Å². The van der Waals surface area contributed by atoms with Gasteiger partial charge in [0.1, 0.15) is 28.9 Å². The highest BCUT2D eigenvalue weighted by Gasteiger charge is 2.38. The van der Waals surface area contributed by atoms with Gasteiger partial charge in [0.2, 0.25) is 11.8 Å². The van der Waals surface area contributed by atoms with Crippen LogP contribution in [0.2, 0.25) is 0 Å². The molecule has 4 atom stereocenters. The van der Waals surface area contributed by atoms with Crippen molar-refractivity contribution >= 4 is 62.6 Å². The quantitative estimate of drug-likeness (QED) is 0.112. The van der Waals surface area contributed by atoms with Crippen LogP contribution in [0.5, 0.6) is 0 Å². The number of allylic oxidation sites excluding steroid dienone is 5. The number of likely N-dealkylation sites (tertiary alicyclic amines) is 2. The maximum Gasteiger partial charge on any atom is 0.407 e. The molecule has 5 aromatic rings. The molecule has 2 aliphatic heterocycles. The van der Waals surface area contributed by atoms with Crippen LogP contribution in [0.3, 0.4) is 0 Å². The van der Waals surface area contributed by atoms with E-state index in [4.69, 9.17) is 24.9 Å². The summed E-state index contributed by atoms with van der Waals surface area (Å²) in [5, 5.41) is 5.02. The third kappa shape index (κ3) is 6.58. The Balaban J connectivity index is 0.965. The number of methoxy groups -OCH3 is 1. The highest BCUT2D eigenvalue weighted by Crippen LogP contribution is 2.45. The lowest BCUT2D eigenvalue weighted by Crippen LogP contribution is -2.51. The average Bonchev–Trinajstić information content (AvgIpc) is 4.10. The minimum absolute atomic E-state index is 0.00294. The van der Waals surface area contributed by atoms with Gasteiger partial charge in [0.15, 0.2) is 0 Å². The number of carbonyl (C=O) groups excluding carboxylic acids is 3. The molecule has 2 fully saturated rings. The van der Waals surface area contributed by atoms with E-state index in [1.807, 2.05) is 36.8 Å². The number of aryl methyl sites for hydroxylation is 1. The number of carbonyl (C=O) groups is 3. The molecule has 13 heteroatoms. The number of hydrogen-bond donors (Lipinski definition) is 4. The molecule has 1 aromatic carbocycles. The number of aromatic amines is 2. The van der Waals surface area contributed by atoms with Crippen molar-refractivity contribution in [1.82, 2.24) is 35.1 Å². The molecular formula is C45H52N8O5. The van der Waals surface area contributed by atoms with Crippen LogP contribution in [-0.2, 0) is 20.7 Å². The molecule has 2 aliphatic carbocycles. The molecule has 4 unspecified atom stereocenters. The number of amides is 3. The van der Waals surface area contributed by atoms with Gasteiger partial charge in [0, 0.05) is 29.6 Å². The van der Waals surface area contributed by atoms with Gasteiger partial charge in [0.25, 0.3) is 0 Å². The van der Waals surface area contributed by atoms with E-state index < -0.39 is 18.2 Å². The molecule has 302 valence electrons. The third-order valence-corrected chi connectivity index (χ3v) is 12.7. The first-order valence-electron chi connectivity index (χ1n) is 20.9. The van der Waals surface area contributed by atoms with Crippen LogP contribution in [0.25, 0.3) is 44.7 Å². The number of rotatable bonds is 10. The number of furan rings is 2. The first kappa shape index (κ1) is 37.9. The molecule has 4 aromatic heterocycles. The minimum atomic E-state index is -0.680. The van der Waals surface area contributed by atoms with Crippen LogP contribution >= 0.6 is 0 Å². The molecular weight excluding hydrogens is 733 g/mol. The largest absolute Gasteiger partial charge is 0.456 e. The summed E-state index contributed by atoms with van der Waals surface area (Å²) < 4.78 is 11.2. The molecule has 9 rings (SSSR count). The van der Waals surface area contributed by atoms with Gasteiger partial charge in [0.05, 0.1) is 42.8 Å². The second kappa shape index (κ2) is 15.2. The highest BCUT2D eigenvalue weighted by molar-refractivity contribution is 6.17. The van der Waals surface area contributed by atoms with E-state index in [0.717, 1.165) is 108 Å². The van der Waals surface area contributed by atoms with Gasteiger partial charge in [-0.05, 0) is 110 Å². The summed E-state index contributed by atoms with van der Waals surface area (Å²) in [6.45, 7) is 7.12. The number of imidazole rings is 2. The summed E-state index contributed by atoms with van der Waals surface area (Å²) in [7, 11) is 1.31. The minimum Gasteiger partial charge on any atom is -0.456 e. The van der Waals surface area contributed by atoms with E-state index in [9.17, 15) is 14.4 Å². The summed E-state index contributed by atoms with van der Waals surface area (Å²) in [5.41, 5.74) is 16.9. The van der Waals surface area contributed by atoms with E-state index in [2.05, 4.69) is 57.8 Å². The number of hydrogen-bond acceptors (Lipinski definition) is 8. The van der Waals surface area contributed by atoms with Crippen LogP contribution in [-0.4, -0.2) is 79.9 Å². The smallest absolute Gasteiger partial charge is 0.407 e. The van der Waals surface area contributed by atoms with Crippen LogP contribution < -0.4 is 11.1 Å². The number of aromatic nitrogens is 4. The second-order valence-corrected chi connectivity index (χ2v) is 16.5. The van der Waals surface area contributed by atoms with Crippen molar-refractivity contribution in [3.05, 3.63) is 82.5 Å². The number of nitrogens with two attached hydrogens (primary N) is 1. The Morgan fingerprint density at radius 1 is 0.879 bits per heavy atom. The topological polar surface area (TPSA) is 175 Å². The zero-order valence-electron chi connectivity index (χ0n) is 33.7. The molecule has 4 aliphatic rings. The average molecular weight is 785 g/mol. The van der Waals surface area contributed by atoms with Crippen molar-refractivity contribution in [3.63, 3.8) is 0 Å². The van der Waals surface area contributed by atoms with E-state index in [1.54, 1.807) is 0 Å². The summed E-state index contributed by atoms with van der Waals surface area (Å²) in [5.74, 6) is 1.41. The van der Waals surface area contributed by atoms with Crippen LogP contribution in [0.1, 0.15) is 124 Å². The fourth-order valence-corrected chi connectivity index (χ4v) is 9.53. The zero-order chi connectivity index (χ0) is 40.2. The van der Waals surface area contributed by atoms with Gasteiger partial charge >= 0.3 is 6.09 Å². The molecule has 13 nitrogen and oxygen atoms in total. The number of nitrogens with one attached hydrogen (secondary N) is 3. The van der Waals surface area contributed by atoms with Crippen molar-refractivity contribution in [3.8, 4) is 0 Å². The lowest BCUT2D eigenvalue weighted by Gasteiger charge is -2.30. The first-order valence-corrected chi connectivity index (χ1v) is 20.9. The summed E-state index contributed by atoms with van der Waals surface area (Å²) in [6, 6.07) is 7.21. The number of ether oxygens (including phenoxy) is 1. The number of H-pyrrole nitrogens is 2. The predicted molar refractivity (Wildman–Crippen MR) is 223 cm³/mol. The first-order chi connectivity index (χ1) is 28.1. The van der Waals surface area contributed by atoms with Gasteiger partial charge in [-0.25, -0.2) is 14.8 Å². The van der Waals surface area contributed by atoms with Gasteiger partial charge in [-0.1, -0.05) is 45.1 Å². The number of alkyl carbamates (subject to hydrolysis) is 1. The molecule has 2 bridgehead atoms. The zero-order valence-corrected chi connectivity index (χ0v) is 33.7. The van der Waals surface area contributed by atoms with E-state index in [-0.39, 0.29) is 29.8 Å². The maximum absolute atomic E-state index is 13.8. The van der Waals surface area contributed by atoms with Crippen molar-refractivity contribution in [1.29, 1.82) is 0 Å². The Hall–Kier alpha value is -5.69. The SMILES string of the molecule is CCC(N)C(=O)N1CCCC1c1ncc(C2=CC=C(c3ccc(C4=Cc5nc(C6CCCN6C(=O)C(NC(=O)OC)C(C)C)[nH]c5CC4)c4c5ccc(o5)c34)CC2)[nH]1. The molecule has 5 N–H and O–H groups in total. The van der Waals surface area contributed by atoms with Crippen molar-refractivity contribution in [2.45, 2.75) is 103 Å². The third-order valence-electron chi connectivity index (χ3n) is 12.7. The number of fused-ring (bicyclic) bond motifs is 6. The summed E-state index contributed by atoms with van der Waals surface area (Å²) in [6.07, 6.45) is 15.4. The van der Waals surface area contributed by atoms with Crippen molar-refractivity contribution in [2.24, 2.45) is 11.7 Å². The Morgan fingerprint density at radius 2 is 1.52 bits per heavy atom. The fraction of sp³-hybridized carbons (Fsp3) is 0.444. The molecule has 3 amide bonds. The monoisotopic (exact) mass is 784 g/mol. The molecule has 0 spiro atoms. The maximum atomic E-state index is 13.8. The number of nitrogens with zero attached hydrogens (tertiary/aromatic N) is 4. The second-order valence-electron chi connectivity index (χ2n) is 16.5. The molecule has 58 heavy (non-hydrogen) atoms. The van der Waals surface area contributed by atoms with Crippen LogP contribution in [0.4, 0.5) is 4.79 Å². The predicted octanol–water partition coefficient (Wildman–Crippen LogP) is 7.66. The molecule has 6 heterocycles.